The molecular weight excluding hydrogens is 292 g/mol. The lowest BCUT2D eigenvalue weighted by molar-refractivity contribution is 0.0954. The van der Waals surface area contributed by atoms with Crippen LogP contribution in [0.2, 0.25) is 0 Å². The Hall–Kier alpha value is -3.08. The molecule has 2 rings (SSSR count). The molecule has 0 aliphatic rings. The summed E-state index contributed by atoms with van der Waals surface area (Å²) in [6.07, 6.45) is 5.17. The monoisotopic (exact) mass is 310 g/mol. The summed E-state index contributed by atoms with van der Waals surface area (Å²) in [5.41, 5.74) is 3.95. The van der Waals surface area contributed by atoms with Crippen LogP contribution in [0.3, 0.4) is 0 Å². The van der Waals surface area contributed by atoms with E-state index >= 15 is 0 Å². The first-order valence-corrected chi connectivity index (χ1v) is 7.01. The standard InChI is InChI=1S/C18H18N2O3/c1-22-16-11-10-15(13-17(16)23-2)18(21)20-19-12-6-9-14-7-4-3-5-8-14/h3-13H,1-2H3,(H,20,21)/b9-6+,19-12-. The number of ether oxygens (including phenoxy) is 2. The third kappa shape index (κ3) is 4.71. The van der Waals surface area contributed by atoms with Crippen molar-refractivity contribution < 1.29 is 14.3 Å². The number of amides is 1. The summed E-state index contributed by atoms with van der Waals surface area (Å²) in [6, 6.07) is 14.7. The van der Waals surface area contributed by atoms with Crippen LogP contribution < -0.4 is 14.9 Å². The van der Waals surface area contributed by atoms with E-state index in [0.29, 0.717) is 17.1 Å². The Morgan fingerprint density at radius 3 is 2.48 bits per heavy atom. The SMILES string of the molecule is COc1ccc(C(=O)N/N=C\C=C\c2ccccc2)cc1OC. The quantitative estimate of drug-likeness (QED) is 0.658. The third-order valence-corrected chi connectivity index (χ3v) is 3.06. The normalized spacial score (nSPS) is 10.9. The van der Waals surface area contributed by atoms with E-state index in [4.69, 9.17) is 9.47 Å². The molecule has 0 bridgehead atoms. The number of hydrogen-bond donors (Lipinski definition) is 1. The number of hydrazone groups is 1. The van der Waals surface area contributed by atoms with Crippen LogP contribution in [0, 0.1) is 0 Å². The van der Waals surface area contributed by atoms with Gasteiger partial charge in [0.2, 0.25) is 0 Å². The molecule has 2 aromatic rings. The van der Waals surface area contributed by atoms with Crippen molar-refractivity contribution >= 4 is 18.2 Å². The lowest BCUT2D eigenvalue weighted by atomic mass is 10.2. The molecule has 0 spiro atoms. The smallest absolute Gasteiger partial charge is 0.271 e. The van der Waals surface area contributed by atoms with Gasteiger partial charge in [0.25, 0.3) is 5.91 Å². The van der Waals surface area contributed by atoms with Crippen molar-refractivity contribution in [3.05, 3.63) is 65.7 Å². The average molecular weight is 310 g/mol. The molecule has 0 saturated heterocycles. The largest absolute Gasteiger partial charge is 0.493 e. The van der Waals surface area contributed by atoms with Gasteiger partial charge in [0, 0.05) is 11.8 Å². The number of allylic oxidation sites excluding steroid dienone is 1. The molecule has 0 radical (unpaired) electrons. The van der Waals surface area contributed by atoms with E-state index < -0.39 is 0 Å². The van der Waals surface area contributed by atoms with Crippen LogP contribution in [0.15, 0.2) is 59.7 Å². The molecule has 1 N–H and O–H groups in total. The van der Waals surface area contributed by atoms with Gasteiger partial charge >= 0.3 is 0 Å². The van der Waals surface area contributed by atoms with Gasteiger partial charge < -0.3 is 9.47 Å². The fourth-order valence-electron chi connectivity index (χ4n) is 1.90. The molecule has 0 atom stereocenters. The van der Waals surface area contributed by atoms with Gasteiger partial charge in [-0.15, -0.1) is 0 Å². The van der Waals surface area contributed by atoms with Crippen molar-refractivity contribution in [3.63, 3.8) is 0 Å². The van der Waals surface area contributed by atoms with E-state index in [1.165, 1.54) is 13.3 Å². The molecule has 0 aliphatic carbocycles. The number of hydrogen-bond acceptors (Lipinski definition) is 4. The van der Waals surface area contributed by atoms with Crippen LogP contribution in [0.4, 0.5) is 0 Å². The Bertz CT molecular complexity index is 709. The number of nitrogens with zero attached hydrogens (tertiary/aromatic N) is 1. The molecule has 2 aromatic carbocycles. The Morgan fingerprint density at radius 1 is 1.04 bits per heavy atom. The molecule has 5 nitrogen and oxygen atoms in total. The first-order valence-electron chi connectivity index (χ1n) is 7.01. The summed E-state index contributed by atoms with van der Waals surface area (Å²) in [6.45, 7) is 0. The maximum atomic E-state index is 12.0. The van der Waals surface area contributed by atoms with Gasteiger partial charge in [-0.3, -0.25) is 4.79 Å². The highest BCUT2D eigenvalue weighted by atomic mass is 16.5. The number of carbonyl (C=O) groups is 1. The molecular formula is C18H18N2O3. The highest BCUT2D eigenvalue weighted by Gasteiger charge is 2.09. The zero-order valence-corrected chi connectivity index (χ0v) is 13.0. The Kier molecular flexibility index (Phi) is 5.94. The molecule has 1 amide bonds. The van der Waals surface area contributed by atoms with E-state index in [2.05, 4.69) is 10.5 Å². The van der Waals surface area contributed by atoms with Crippen LogP contribution >= 0.6 is 0 Å². The number of nitrogens with one attached hydrogen (secondary N) is 1. The van der Waals surface area contributed by atoms with Gasteiger partial charge in [0.1, 0.15) is 0 Å². The first kappa shape index (κ1) is 16.3. The predicted octanol–water partition coefficient (Wildman–Crippen LogP) is 3.13. The number of benzene rings is 2. The molecule has 0 aliphatic heterocycles. The maximum Gasteiger partial charge on any atom is 0.271 e. The molecule has 0 unspecified atom stereocenters. The van der Waals surface area contributed by atoms with E-state index in [-0.39, 0.29) is 5.91 Å². The highest BCUT2D eigenvalue weighted by Crippen LogP contribution is 2.27. The van der Waals surface area contributed by atoms with Crippen molar-refractivity contribution in [1.29, 1.82) is 0 Å². The Labute approximate surface area is 135 Å². The van der Waals surface area contributed by atoms with E-state index in [0.717, 1.165) is 5.56 Å². The van der Waals surface area contributed by atoms with Gasteiger partial charge in [-0.25, -0.2) is 5.43 Å². The first-order chi connectivity index (χ1) is 11.2. The second-order valence-electron chi connectivity index (χ2n) is 4.56. The Balaban J connectivity index is 1.94. The van der Waals surface area contributed by atoms with Crippen LogP contribution in [-0.2, 0) is 0 Å². The summed E-state index contributed by atoms with van der Waals surface area (Å²) < 4.78 is 10.3. The molecule has 23 heavy (non-hydrogen) atoms. The molecule has 0 fully saturated rings. The van der Waals surface area contributed by atoms with Crippen LogP contribution in [0.25, 0.3) is 6.08 Å². The van der Waals surface area contributed by atoms with Crippen molar-refractivity contribution in [2.24, 2.45) is 5.10 Å². The van der Waals surface area contributed by atoms with Crippen LogP contribution in [0.5, 0.6) is 11.5 Å². The molecule has 0 aromatic heterocycles. The maximum absolute atomic E-state index is 12.0. The molecule has 5 heteroatoms. The molecule has 118 valence electrons. The minimum Gasteiger partial charge on any atom is -0.493 e. The fourth-order valence-corrected chi connectivity index (χ4v) is 1.90. The van der Waals surface area contributed by atoms with Gasteiger partial charge in [-0.2, -0.15) is 5.10 Å². The van der Waals surface area contributed by atoms with Gasteiger partial charge in [-0.05, 0) is 29.8 Å². The summed E-state index contributed by atoms with van der Waals surface area (Å²) >= 11 is 0. The number of methoxy groups -OCH3 is 2. The minimum atomic E-state index is -0.324. The topological polar surface area (TPSA) is 59.9 Å². The minimum absolute atomic E-state index is 0.324. The third-order valence-electron chi connectivity index (χ3n) is 3.06. The number of rotatable bonds is 6. The summed E-state index contributed by atoms with van der Waals surface area (Å²) in [5.74, 6) is 0.738. The number of carbonyl (C=O) groups excluding carboxylic acids is 1. The van der Waals surface area contributed by atoms with Crippen molar-refractivity contribution in [2.45, 2.75) is 0 Å². The summed E-state index contributed by atoms with van der Waals surface area (Å²) in [7, 11) is 3.06. The average Bonchev–Trinajstić information content (AvgIpc) is 2.61. The van der Waals surface area contributed by atoms with E-state index in [9.17, 15) is 4.79 Å². The van der Waals surface area contributed by atoms with E-state index in [1.54, 1.807) is 31.4 Å². The molecule has 0 heterocycles. The van der Waals surface area contributed by atoms with Crippen LogP contribution in [0.1, 0.15) is 15.9 Å². The molecule has 0 saturated carbocycles. The zero-order valence-electron chi connectivity index (χ0n) is 13.0. The van der Waals surface area contributed by atoms with Crippen LogP contribution in [-0.4, -0.2) is 26.3 Å². The van der Waals surface area contributed by atoms with E-state index in [1.807, 2.05) is 36.4 Å². The zero-order chi connectivity index (χ0) is 16.5. The second-order valence-corrected chi connectivity index (χ2v) is 4.56. The van der Waals surface area contributed by atoms with Gasteiger partial charge in [-0.1, -0.05) is 36.4 Å². The van der Waals surface area contributed by atoms with Crippen molar-refractivity contribution in [2.75, 3.05) is 14.2 Å². The fraction of sp³-hybridized carbons (Fsp3) is 0.111. The highest BCUT2D eigenvalue weighted by molar-refractivity contribution is 5.95. The summed E-state index contributed by atoms with van der Waals surface area (Å²) in [4.78, 5) is 12.0. The van der Waals surface area contributed by atoms with Gasteiger partial charge in [0.15, 0.2) is 11.5 Å². The summed E-state index contributed by atoms with van der Waals surface area (Å²) in [5, 5.41) is 3.88. The van der Waals surface area contributed by atoms with Crippen molar-refractivity contribution in [1.82, 2.24) is 5.43 Å². The lowest BCUT2D eigenvalue weighted by Crippen LogP contribution is -2.17. The second kappa shape index (κ2) is 8.38. The Morgan fingerprint density at radius 2 is 1.78 bits per heavy atom. The lowest BCUT2D eigenvalue weighted by Gasteiger charge is -2.08. The van der Waals surface area contributed by atoms with Gasteiger partial charge in [0.05, 0.1) is 14.2 Å². The van der Waals surface area contributed by atoms with Crippen molar-refractivity contribution in [3.8, 4) is 11.5 Å². The predicted molar refractivity (Wildman–Crippen MR) is 91.0 cm³/mol.